The topological polar surface area (TPSA) is 33.0 Å². The zero-order valence-corrected chi connectivity index (χ0v) is 4.87. The van der Waals surface area contributed by atoms with Crippen LogP contribution in [0.15, 0.2) is 0 Å². The summed E-state index contributed by atoms with van der Waals surface area (Å²) < 4.78 is 48.1. The van der Waals surface area contributed by atoms with Crippen molar-refractivity contribution in [3.63, 3.8) is 0 Å². The van der Waals surface area contributed by atoms with Crippen LogP contribution in [0.3, 0.4) is 0 Å². The Morgan fingerprint density at radius 1 is 1.30 bits per heavy atom. The molecule has 0 aromatic rings. The molecule has 1 unspecified atom stereocenters. The molecule has 0 saturated carbocycles. The summed E-state index contributed by atoms with van der Waals surface area (Å²) in [7, 11) is 0. The summed E-state index contributed by atoms with van der Waals surface area (Å²) >= 11 is 0. The predicted octanol–water partition coefficient (Wildman–Crippen LogP) is 1.73. The molecule has 0 aromatic heterocycles. The third-order valence-electron chi connectivity index (χ3n) is 0.507. The van der Waals surface area contributed by atoms with Gasteiger partial charge in [0.2, 0.25) is 0 Å². The van der Waals surface area contributed by atoms with Crippen molar-refractivity contribution in [2.24, 2.45) is 0 Å². The standard InChI is InChI=1S/C4H3F4NO/c1-3(5,2-9)10-4(6,7)8/h1H3. The van der Waals surface area contributed by atoms with Crippen LogP contribution in [0.1, 0.15) is 6.92 Å². The summed E-state index contributed by atoms with van der Waals surface area (Å²) in [5, 5.41) is 7.71. The number of hydrogen-bond donors (Lipinski definition) is 0. The summed E-state index contributed by atoms with van der Waals surface area (Å²) in [5.74, 6) is -3.29. The van der Waals surface area contributed by atoms with Crippen molar-refractivity contribution in [2.75, 3.05) is 0 Å². The minimum absolute atomic E-state index is 0.375. The van der Waals surface area contributed by atoms with Crippen molar-refractivity contribution in [1.29, 1.82) is 5.26 Å². The molecular weight excluding hydrogens is 154 g/mol. The van der Waals surface area contributed by atoms with Gasteiger partial charge >= 0.3 is 12.2 Å². The van der Waals surface area contributed by atoms with E-state index in [0.29, 0.717) is 13.0 Å². The molecule has 0 aliphatic carbocycles. The molecule has 10 heavy (non-hydrogen) atoms. The van der Waals surface area contributed by atoms with E-state index >= 15 is 0 Å². The van der Waals surface area contributed by atoms with Gasteiger partial charge in [0.15, 0.2) is 0 Å². The van der Waals surface area contributed by atoms with Crippen molar-refractivity contribution >= 4 is 0 Å². The smallest absolute Gasteiger partial charge is 0.241 e. The molecule has 0 saturated heterocycles. The van der Waals surface area contributed by atoms with E-state index in [2.05, 4.69) is 4.74 Å². The molecule has 2 nitrogen and oxygen atoms in total. The summed E-state index contributed by atoms with van der Waals surface area (Å²) in [6.07, 6.45) is -5.11. The molecule has 0 bridgehead atoms. The minimum Gasteiger partial charge on any atom is -0.241 e. The first-order chi connectivity index (χ1) is 4.27. The highest BCUT2D eigenvalue weighted by Crippen LogP contribution is 2.25. The fourth-order valence-electron chi connectivity index (χ4n) is 0.240. The lowest BCUT2D eigenvalue weighted by Gasteiger charge is -2.13. The van der Waals surface area contributed by atoms with Crippen LogP contribution in [0, 0.1) is 11.3 Å². The van der Waals surface area contributed by atoms with Gasteiger partial charge in [-0.05, 0) is 0 Å². The Bertz CT molecular complexity index is 156. The summed E-state index contributed by atoms with van der Waals surface area (Å²) in [6.45, 7) is 0.375. The SMILES string of the molecule is CC(F)(C#N)OC(F)(F)F. The second-order valence-electron chi connectivity index (χ2n) is 1.58. The number of hydrogen-bond acceptors (Lipinski definition) is 2. The van der Waals surface area contributed by atoms with Crippen LogP contribution in [0.2, 0.25) is 0 Å². The van der Waals surface area contributed by atoms with Gasteiger partial charge in [0.1, 0.15) is 6.07 Å². The molecule has 58 valence electrons. The number of alkyl halides is 4. The van der Waals surface area contributed by atoms with E-state index < -0.39 is 12.2 Å². The van der Waals surface area contributed by atoms with E-state index in [9.17, 15) is 17.6 Å². The number of halogens is 4. The third-order valence-corrected chi connectivity index (χ3v) is 0.507. The first-order valence-corrected chi connectivity index (χ1v) is 2.14. The third kappa shape index (κ3) is 4.09. The minimum atomic E-state index is -5.11. The van der Waals surface area contributed by atoms with Crippen LogP contribution in [0.25, 0.3) is 0 Å². The van der Waals surface area contributed by atoms with Crippen molar-refractivity contribution < 1.29 is 22.3 Å². The van der Waals surface area contributed by atoms with Crippen molar-refractivity contribution in [3.05, 3.63) is 0 Å². The number of rotatable bonds is 1. The second-order valence-corrected chi connectivity index (χ2v) is 1.58. The van der Waals surface area contributed by atoms with Crippen LogP contribution >= 0.6 is 0 Å². The molecule has 0 N–H and O–H groups in total. The Morgan fingerprint density at radius 3 is 1.80 bits per heavy atom. The molecule has 0 aliphatic rings. The molecular formula is C4H3F4NO. The molecule has 0 aromatic carbocycles. The maximum absolute atomic E-state index is 12.0. The van der Waals surface area contributed by atoms with Crippen LogP contribution in [0.4, 0.5) is 17.6 Å². The van der Waals surface area contributed by atoms with Crippen LogP contribution in [-0.4, -0.2) is 12.2 Å². The first kappa shape index (κ1) is 9.17. The van der Waals surface area contributed by atoms with E-state index in [1.165, 1.54) is 0 Å². The monoisotopic (exact) mass is 157 g/mol. The number of nitriles is 1. The Labute approximate surface area is 54.0 Å². The fourth-order valence-corrected chi connectivity index (χ4v) is 0.240. The van der Waals surface area contributed by atoms with Crippen LogP contribution < -0.4 is 0 Å². The zero-order chi connectivity index (χ0) is 8.41. The Kier molecular flexibility index (Phi) is 2.22. The number of nitrogens with zero attached hydrogens (tertiary/aromatic N) is 1. The first-order valence-electron chi connectivity index (χ1n) is 2.14. The predicted molar refractivity (Wildman–Crippen MR) is 22.3 cm³/mol. The summed E-state index contributed by atoms with van der Waals surface area (Å²) in [4.78, 5) is 0. The van der Waals surface area contributed by atoms with Gasteiger partial charge < -0.3 is 0 Å². The molecule has 0 aliphatic heterocycles. The van der Waals surface area contributed by atoms with Crippen molar-refractivity contribution in [1.82, 2.24) is 0 Å². The Hall–Kier alpha value is -0.830. The lowest BCUT2D eigenvalue weighted by atomic mass is 10.4. The summed E-state index contributed by atoms with van der Waals surface area (Å²) in [6, 6.07) is 0.689. The van der Waals surface area contributed by atoms with E-state index in [1.54, 1.807) is 0 Å². The normalized spacial score (nSPS) is 17.6. The van der Waals surface area contributed by atoms with Gasteiger partial charge in [-0.15, -0.1) is 13.2 Å². The van der Waals surface area contributed by atoms with E-state index in [0.717, 1.165) is 0 Å². The molecule has 0 heterocycles. The largest absolute Gasteiger partial charge is 0.526 e. The highest BCUT2D eigenvalue weighted by molar-refractivity contribution is 4.88. The van der Waals surface area contributed by atoms with Gasteiger partial charge in [-0.3, -0.25) is 0 Å². The Morgan fingerprint density at radius 2 is 1.70 bits per heavy atom. The van der Waals surface area contributed by atoms with Gasteiger partial charge in [-0.1, -0.05) is 0 Å². The van der Waals surface area contributed by atoms with Gasteiger partial charge in [-0.2, -0.15) is 9.65 Å². The quantitative estimate of drug-likeness (QED) is 0.543. The highest BCUT2D eigenvalue weighted by atomic mass is 19.4. The van der Waals surface area contributed by atoms with Gasteiger partial charge in [0.05, 0.1) is 0 Å². The molecule has 0 fully saturated rings. The van der Waals surface area contributed by atoms with E-state index in [-0.39, 0.29) is 0 Å². The Balaban J connectivity index is 4.05. The summed E-state index contributed by atoms with van der Waals surface area (Å²) in [5.41, 5.74) is 0. The zero-order valence-electron chi connectivity index (χ0n) is 4.87. The molecule has 0 spiro atoms. The molecule has 0 rings (SSSR count). The lowest BCUT2D eigenvalue weighted by molar-refractivity contribution is -0.375. The molecule has 0 radical (unpaired) electrons. The van der Waals surface area contributed by atoms with Crippen LogP contribution in [0.5, 0.6) is 0 Å². The van der Waals surface area contributed by atoms with Gasteiger partial charge in [-0.25, -0.2) is 4.74 Å². The second kappa shape index (κ2) is 2.42. The molecule has 6 heteroatoms. The van der Waals surface area contributed by atoms with Crippen molar-refractivity contribution in [3.8, 4) is 6.07 Å². The molecule has 0 amide bonds. The van der Waals surface area contributed by atoms with Crippen molar-refractivity contribution in [2.45, 2.75) is 19.1 Å². The van der Waals surface area contributed by atoms with Gasteiger partial charge in [0, 0.05) is 6.92 Å². The molecule has 1 atom stereocenters. The van der Waals surface area contributed by atoms with E-state index in [4.69, 9.17) is 5.26 Å². The van der Waals surface area contributed by atoms with E-state index in [1.807, 2.05) is 0 Å². The average molecular weight is 157 g/mol. The maximum Gasteiger partial charge on any atom is 0.526 e. The lowest BCUT2D eigenvalue weighted by Crippen LogP contribution is -2.29. The fraction of sp³-hybridized carbons (Fsp3) is 0.750. The van der Waals surface area contributed by atoms with Crippen LogP contribution in [-0.2, 0) is 4.74 Å². The average Bonchev–Trinajstić information content (AvgIpc) is 1.60. The highest BCUT2D eigenvalue weighted by Gasteiger charge is 2.41. The number of ether oxygens (including phenoxy) is 1. The van der Waals surface area contributed by atoms with Gasteiger partial charge in [0.25, 0.3) is 0 Å². The maximum atomic E-state index is 12.0.